The van der Waals surface area contributed by atoms with Crippen LogP contribution in [0, 0.1) is 0 Å². The molecule has 5 heterocycles. The number of aromatic amines is 2. The minimum atomic E-state index is -2.39. The Morgan fingerprint density at radius 1 is 0.679 bits per heavy atom. The number of fused-ring (bicyclic) bond motifs is 8. The average Bonchev–Trinajstić information content (AvgIpc) is 3.39. The predicted octanol–water partition coefficient (Wildman–Crippen LogP) is 4.67. The summed E-state index contributed by atoms with van der Waals surface area (Å²) in [6.45, 7) is 0. The van der Waals surface area contributed by atoms with E-state index >= 15 is 0 Å². The Balaban J connectivity index is 0.000000442. The zero-order valence-electron chi connectivity index (χ0n) is 14.4. The van der Waals surface area contributed by atoms with Crippen LogP contribution in [0.2, 0.25) is 0 Å². The molecule has 0 aliphatic carbocycles. The van der Waals surface area contributed by atoms with Crippen LogP contribution < -0.4 is 0 Å². The fraction of sp³-hybridized carbons (Fsp3) is 0. The Kier molecular flexibility index (Phi) is 5.21. The molecule has 0 fully saturated rings. The number of halogens is 1. The number of nitrogens with zero attached hydrogens (tertiary/aromatic N) is 2. The van der Waals surface area contributed by atoms with E-state index in [0.29, 0.717) is 0 Å². The topological polar surface area (TPSA) is 97.5 Å². The van der Waals surface area contributed by atoms with E-state index in [9.17, 15) is 0 Å². The molecule has 1 unspecified atom stereocenters. The summed E-state index contributed by atoms with van der Waals surface area (Å²) in [7, 11) is 1.80. The number of rotatable bonds is 0. The molecular weight excluding hydrogens is 396 g/mol. The van der Waals surface area contributed by atoms with Gasteiger partial charge in [-0.1, -0.05) is 0 Å². The van der Waals surface area contributed by atoms with Gasteiger partial charge >= 0.3 is 0 Å². The minimum Gasteiger partial charge on any atom is -0.760 e. The summed E-state index contributed by atoms with van der Waals surface area (Å²) in [5.41, 5.74) is 7.86. The zero-order valence-corrected chi connectivity index (χ0v) is 16.0. The highest BCUT2D eigenvalue weighted by Gasteiger charge is 2.02. The second kappa shape index (κ2) is 7.93. The number of nitrogens with one attached hydrogen (secondary N) is 2. The van der Waals surface area contributed by atoms with E-state index in [0.717, 1.165) is 44.8 Å². The van der Waals surface area contributed by atoms with Gasteiger partial charge in [0.25, 0.3) is 0 Å². The lowest BCUT2D eigenvalue weighted by Gasteiger charge is -1.86. The first-order valence-corrected chi connectivity index (χ1v) is 10.2. The highest BCUT2D eigenvalue weighted by molar-refractivity contribution is 8.03. The number of H-pyrrole nitrogens is 2. The number of hydrogen-bond donors (Lipinski definition) is 2. The molecule has 0 saturated heterocycles. The molecule has 8 bridgehead atoms. The van der Waals surface area contributed by atoms with Crippen LogP contribution in [0.1, 0.15) is 22.8 Å². The lowest BCUT2D eigenvalue weighted by Crippen LogP contribution is -1.77. The maximum absolute atomic E-state index is 8.77. The molecule has 2 aliphatic heterocycles. The first-order valence-electron chi connectivity index (χ1n) is 8.33. The normalized spacial score (nSPS) is 13.1. The van der Waals surface area contributed by atoms with Crippen LogP contribution in [0.5, 0.6) is 0 Å². The van der Waals surface area contributed by atoms with E-state index in [4.69, 9.17) is 8.76 Å². The monoisotopic (exact) mass is 409 g/mol. The van der Waals surface area contributed by atoms with Crippen molar-refractivity contribution in [2.75, 3.05) is 0 Å². The van der Waals surface area contributed by atoms with Crippen molar-refractivity contribution in [2.45, 2.75) is 0 Å². The third-order valence-corrected chi connectivity index (χ3v) is 4.04. The summed E-state index contributed by atoms with van der Waals surface area (Å²) >= 11 is 0. The molecule has 6 nitrogen and oxygen atoms in total. The van der Waals surface area contributed by atoms with Gasteiger partial charge in [0, 0.05) is 32.4 Å². The molecule has 3 aromatic rings. The lowest BCUT2D eigenvalue weighted by molar-refractivity contribution is 0.552. The van der Waals surface area contributed by atoms with E-state index in [1.54, 1.807) is 0 Å². The van der Waals surface area contributed by atoms with Crippen molar-refractivity contribution in [1.82, 2.24) is 19.9 Å². The summed E-state index contributed by atoms with van der Waals surface area (Å²) in [5, 5.41) is 0. The molecule has 0 amide bonds. The highest BCUT2D eigenvalue weighted by Crippen LogP contribution is 2.17. The molecule has 0 saturated carbocycles. The van der Waals surface area contributed by atoms with Gasteiger partial charge in [-0.2, -0.15) is 0 Å². The number of hydrogen-bond acceptors (Lipinski definition) is 4. The van der Waals surface area contributed by atoms with Gasteiger partial charge in [-0.15, -0.1) is 0 Å². The Hall–Kier alpha value is -3.00. The maximum atomic E-state index is 8.77. The highest BCUT2D eigenvalue weighted by atomic mass is 35.7. The molecule has 0 spiro atoms. The fourth-order valence-corrected chi connectivity index (χ4v) is 2.94. The summed E-state index contributed by atoms with van der Waals surface area (Å²) in [6.07, 6.45) is 8.05. The second-order valence-corrected chi connectivity index (χ2v) is 7.24. The van der Waals surface area contributed by atoms with Crippen LogP contribution in [-0.4, -0.2) is 28.7 Å². The van der Waals surface area contributed by atoms with E-state index in [1.165, 1.54) is 0 Å². The molecule has 5 rings (SSSR count). The van der Waals surface area contributed by atoms with Crippen molar-refractivity contribution < 1.29 is 8.76 Å². The van der Waals surface area contributed by atoms with E-state index in [1.807, 2.05) is 42.5 Å². The Labute approximate surface area is 167 Å². The molecule has 0 radical (unpaired) electrons. The molecule has 1 atom stereocenters. The van der Waals surface area contributed by atoms with Crippen LogP contribution in [0.15, 0.2) is 48.5 Å². The maximum Gasteiger partial charge on any atom is 0.0659 e. The summed E-state index contributed by atoms with van der Waals surface area (Å²) in [5.74, 6) is 0. The summed E-state index contributed by atoms with van der Waals surface area (Å²) in [6, 6.07) is 16.4. The second-order valence-electron chi connectivity index (χ2n) is 6.10. The van der Waals surface area contributed by atoms with Gasteiger partial charge in [0.1, 0.15) is 0 Å². The van der Waals surface area contributed by atoms with Crippen LogP contribution in [0.25, 0.3) is 46.4 Å². The smallest absolute Gasteiger partial charge is 0.0659 e. The first kappa shape index (κ1) is 18.4. The van der Waals surface area contributed by atoms with Crippen molar-refractivity contribution in [1.29, 1.82) is 0 Å². The van der Waals surface area contributed by atoms with E-state index in [2.05, 4.69) is 61.0 Å². The molecule has 8 heteroatoms. The zero-order chi connectivity index (χ0) is 19.5. The number of aromatic nitrogens is 4. The van der Waals surface area contributed by atoms with E-state index < -0.39 is 10.3 Å². The van der Waals surface area contributed by atoms with Crippen molar-refractivity contribution in [3.05, 3.63) is 71.3 Å². The molecular formula is C20H14ClN4O2S-. The lowest BCUT2D eigenvalue weighted by atomic mass is 10.3. The van der Waals surface area contributed by atoms with Crippen LogP contribution in [0.3, 0.4) is 0 Å². The molecule has 2 aliphatic rings. The third kappa shape index (κ3) is 4.64. The van der Waals surface area contributed by atoms with Gasteiger partial charge in [0.2, 0.25) is 0 Å². The first-order chi connectivity index (χ1) is 13.5. The molecule has 0 aromatic carbocycles. The van der Waals surface area contributed by atoms with Gasteiger partial charge < -0.3 is 14.5 Å². The Morgan fingerprint density at radius 2 is 1.00 bits per heavy atom. The Bertz CT molecular complexity index is 1180. The standard InChI is InChI=1S/C20H14N4.ClHO2S/c1-2-14-10-16-5-6-18(23-16)12-20-8-7-19(24-20)11-17-4-3-15(22-17)9-13(1)21-14;1-4(2)3/h1-12,21-22H;(H,2,3)/p-1. The SMILES string of the molecule is C1=Cc2cc3ccc(cc4ccc(cc5nc(cc1n2)C=C5)[nH]4)[nH]3.O=S([O-])Cl. The van der Waals surface area contributed by atoms with Gasteiger partial charge in [-0.25, -0.2) is 9.97 Å². The Morgan fingerprint density at radius 3 is 1.39 bits per heavy atom. The average molecular weight is 410 g/mol. The third-order valence-electron chi connectivity index (χ3n) is 4.04. The van der Waals surface area contributed by atoms with Gasteiger partial charge in [0.15, 0.2) is 0 Å². The summed E-state index contributed by atoms with van der Waals surface area (Å²) in [4.78, 5) is 16.0. The molecule has 3 aromatic heterocycles. The largest absolute Gasteiger partial charge is 0.760 e. The van der Waals surface area contributed by atoms with Crippen molar-refractivity contribution in [3.8, 4) is 0 Å². The van der Waals surface area contributed by atoms with Crippen molar-refractivity contribution in [2.24, 2.45) is 0 Å². The van der Waals surface area contributed by atoms with Gasteiger partial charge in [-0.3, -0.25) is 4.21 Å². The predicted molar refractivity (Wildman–Crippen MR) is 114 cm³/mol. The molecule has 28 heavy (non-hydrogen) atoms. The molecule has 2 N–H and O–H groups in total. The van der Waals surface area contributed by atoms with Crippen molar-refractivity contribution in [3.63, 3.8) is 0 Å². The van der Waals surface area contributed by atoms with E-state index in [-0.39, 0.29) is 0 Å². The van der Waals surface area contributed by atoms with Gasteiger partial charge in [-0.05, 0) is 83.5 Å². The van der Waals surface area contributed by atoms with Gasteiger partial charge in [0.05, 0.1) is 22.8 Å². The molecule has 140 valence electrons. The quantitative estimate of drug-likeness (QED) is 0.286. The van der Waals surface area contributed by atoms with Crippen LogP contribution in [0.4, 0.5) is 0 Å². The fourth-order valence-electron chi connectivity index (χ4n) is 2.94. The minimum absolute atomic E-state index is 0.915. The van der Waals surface area contributed by atoms with Crippen LogP contribution >= 0.6 is 10.7 Å². The van der Waals surface area contributed by atoms with Crippen molar-refractivity contribution >= 4 is 67.3 Å². The van der Waals surface area contributed by atoms with Crippen LogP contribution in [-0.2, 0) is 10.3 Å². The summed E-state index contributed by atoms with van der Waals surface area (Å²) < 4.78 is 17.5.